The van der Waals surface area contributed by atoms with E-state index in [-0.39, 0.29) is 11.8 Å². The number of aromatic nitrogens is 2. The number of nitrogens with two attached hydrogens (primary N) is 2. The van der Waals surface area contributed by atoms with Crippen LogP contribution in [0.25, 0.3) is 0 Å². The Balaban J connectivity index is 2.23. The minimum Gasteiger partial charge on any atom is -0.436 e. The summed E-state index contributed by atoms with van der Waals surface area (Å²) >= 11 is 0. The molecule has 5 N–H and O–H groups in total. The Morgan fingerprint density at radius 3 is 2.58 bits per heavy atom. The van der Waals surface area contributed by atoms with Crippen LogP contribution in [0.15, 0.2) is 30.5 Å². The number of ether oxygens (including phenoxy) is 1. The van der Waals surface area contributed by atoms with Crippen LogP contribution in [-0.4, -0.2) is 15.9 Å². The van der Waals surface area contributed by atoms with Crippen molar-refractivity contribution >= 4 is 11.9 Å². The molecule has 0 atom stereocenters. The lowest BCUT2D eigenvalue weighted by atomic mass is 10.2. The number of nitrogens with one attached hydrogen (secondary N) is 1. The Morgan fingerprint density at radius 2 is 2.00 bits per heavy atom. The van der Waals surface area contributed by atoms with Crippen LogP contribution >= 0.6 is 0 Å². The van der Waals surface area contributed by atoms with Gasteiger partial charge < -0.3 is 10.5 Å². The Hall–Kier alpha value is -2.74. The van der Waals surface area contributed by atoms with Crippen molar-refractivity contribution in [1.82, 2.24) is 9.97 Å². The van der Waals surface area contributed by atoms with E-state index in [1.807, 2.05) is 0 Å². The number of nitrogen functional groups attached to an aromatic ring is 1. The molecule has 0 aliphatic rings. The zero-order chi connectivity index (χ0) is 13.8. The van der Waals surface area contributed by atoms with Crippen LogP contribution in [0.5, 0.6) is 11.6 Å². The lowest BCUT2D eigenvalue weighted by Gasteiger charge is -2.07. The van der Waals surface area contributed by atoms with Gasteiger partial charge >= 0.3 is 0 Å². The number of amides is 1. The predicted molar refractivity (Wildman–Crippen MR) is 64.8 cm³/mol. The van der Waals surface area contributed by atoms with E-state index < -0.39 is 11.7 Å². The van der Waals surface area contributed by atoms with Gasteiger partial charge in [0.25, 0.3) is 5.88 Å². The minimum absolute atomic E-state index is 0.0187. The van der Waals surface area contributed by atoms with Crippen LogP contribution in [0.1, 0.15) is 10.4 Å². The molecule has 1 heterocycles. The maximum absolute atomic E-state index is 13.4. The first kappa shape index (κ1) is 12.7. The smallest absolute Gasteiger partial charge is 0.260 e. The van der Waals surface area contributed by atoms with Crippen molar-refractivity contribution in [1.29, 1.82) is 0 Å². The van der Waals surface area contributed by atoms with Gasteiger partial charge in [0.15, 0.2) is 0 Å². The summed E-state index contributed by atoms with van der Waals surface area (Å²) in [4.78, 5) is 18.2. The molecule has 0 spiro atoms. The lowest BCUT2D eigenvalue weighted by Crippen LogP contribution is -2.11. The average Bonchev–Trinajstić information content (AvgIpc) is 2.42. The van der Waals surface area contributed by atoms with Crippen molar-refractivity contribution in [3.05, 3.63) is 41.8 Å². The van der Waals surface area contributed by atoms with E-state index in [9.17, 15) is 9.18 Å². The third-order valence-corrected chi connectivity index (χ3v) is 2.19. The van der Waals surface area contributed by atoms with Crippen molar-refractivity contribution in [2.75, 3.05) is 5.43 Å². The number of hydrazine groups is 1. The van der Waals surface area contributed by atoms with Crippen molar-refractivity contribution in [3.63, 3.8) is 0 Å². The van der Waals surface area contributed by atoms with Crippen LogP contribution in [0, 0.1) is 5.82 Å². The number of hydrogen-bond donors (Lipinski definition) is 3. The van der Waals surface area contributed by atoms with E-state index in [2.05, 4.69) is 15.4 Å². The third kappa shape index (κ3) is 2.93. The molecule has 0 radical (unpaired) electrons. The third-order valence-electron chi connectivity index (χ3n) is 2.19. The highest BCUT2D eigenvalue weighted by Gasteiger charge is 2.09. The van der Waals surface area contributed by atoms with Gasteiger partial charge in [-0.05, 0) is 24.3 Å². The second-order valence-corrected chi connectivity index (χ2v) is 3.48. The standard InChI is InChI=1S/C11H10FN5O2/c12-8-5-15-11(17-14)16-10(8)19-7-3-1-6(2-4-7)9(13)18/h1-5H,14H2,(H2,13,18)(H,15,16,17). The van der Waals surface area contributed by atoms with Gasteiger partial charge in [0.2, 0.25) is 17.7 Å². The molecular weight excluding hydrogens is 253 g/mol. The minimum atomic E-state index is -0.738. The molecule has 1 aromatic heterocycles. The van der Waals surface area contributed by atoms with E-state index in [1.165, 1.54) is 24.3 Å². The fourth-order valence-corrected chi connectivity index (χ4v) is 1.29. The van der Waals surface area contributed by atoms with Gasteiger partial charge in [0, 0.05) is 5.56 Å². The Labute approximate surface area is 107 Å². The molecule has 0 aliphatic heterocycles. The average molecular weight is 263 g/mol. The van der Waals surface area contributed by atoms with Gasteiger partial charge in [-0.1, -0.05) is 0 Å². The molecule has 1 aromatic carbocycles. The number of anilines is 1. The maximum atomic E-state index is 13.4. The molecular formula is C11H10FN5O2. The molecule has 0 fully saturated rings. The Kier molecular flexibility index (Phi) is 3.53. The van der Waals surface area contributed by atoms with Crippen molar-refractivity contribution in [2.24, 2.45) is 11.6 Å². The van der Waals surface area contributed by atoms with E-state index in [4.69, 9.17) is 16.3 Å². The molecule has 1 amide bonds. The molecule has 0 saturated carbocycles. The van der Waals surface area contributed by atoms with Gasteiger partial charge in [0.1, 0.15) is 5.75 Å². The molecule has 7 nitrogen and oxygen atoms in total. The first-order chi connectivity index (χ1) is 9.10. The van der Waals surface area contributed by atoms with Crippen LogP contribution < -0.4 is 21.7 Å². The summed E-state index contributed by atoms with van der Waals surface area (Å²) < 4.78 is 18.6. The highest BCUT2D eigenvalue weighted by atomic mass is 19.1. The van der Waals surface area contributed by atoms with Crippen LogP contribution in [-0.2, 0) is 0 Å². The van der Waals surface area contributed by atoms with E-state index >= 15 is 0 Å². The van der Waals surface area contributed by atoms with Gasteiger partial charge in [-0.3, -0.25) is 10.2 Å². The van der Waals surface area contributed by atoms with Crippen LogP contribution in [0.2, 0.25) is 0 Å². The van der Waals surface area contributed by atoms with Crippen LogP contribution in [0.4, 0.5) is 10.3 Å². The normalized spacial score (nSPS) is 10.0. The van der Waals surface area contributed by atoms with Gasteiger partial charge in [-0.2, -0.15) is 9.37 Å². The van der Waals surface area contributed by atoms with Gasteiger partial charge in [0.05, 0.1) is 6.20 Å². The van der Waals surface area contributed by atoms with E-state index in [1.54, 1.807) is 0 Å². The summed E-state index contributed by atoms with van der Waals surface area (Å²) in [6.07, 6.45) is 0.926. The second kappa shape index (κ2) is 5.27. The van der Waals surface area contributed by atoms with E-state index in [0.717, 1.165) is 6.20 Å². The topological polar surface area (TPSA) is 116 Å². The zero-order valence-electron chi connectivity index (χ0n) is 9.63. The number of nitrogens with zero attached hydrogens (tertiary/aromatic N) is 2. The monoisotopic (exact) mass is 263 g/mol. The Bertz CT molecular complexity index is 603. The van der Waals surface area contributed by atoms with Gasteiger partial charge in [-0.15, -0.1) is 0 Å². The zero-order valence-corrected chi connectivity index (χ0v) is 9.63. The molecule has 0 aliphatic carbocycles. The summed E-state index contributed by atoms with van der Waals surface area (Å²) in [7, 11) is 0. The number of halogens is 1. The fraction of sp³-hybridized carbons (Fsp3) is 0. The van der Waals surface area contributed by atoms with Crippen molar-refractivity contribution in [2.45, 2.75) is 0 Å². The highest BCUT2D eigenvalue weighted by Crippen LogP contribution is 2.22. The van der Waals surface area contributed by atoms with Crippen molar-refractivity contribution < 1.29 is 13.9 Å². The maximum Gasteiger partial charge on any atom is 0.260 e. The van der Waals surface area contributed by atoms with Gasteiger partial charge in [-0.25, -0.2) is 10.8 Å². The number of carbonyl (C=O) groups excluding carboxylic acids is 1. The number of hydrogen-bond acceptors (Lipinski definition) is 6. The first-order valence-corrected chi connectivity index (χ1v) is 5.17. The number of primary amides is 1. The molecule has 0 bridgehead atoms. The van der Waals surface area contributed by atoms with E-state index in [0.29, 0.717) is 11.3 Å². The molecule has 0 unspecified atom stereocenters. The number of benzene rings is 1. The highest BCUT2D eigenvalue weighted by molar-refractivity contribution is 5.92. The molecule has 19 heavy (non-hydrogen) atoms. The Morgan fingerprint density at radius 1 is 1.32 bits per heavy atom. The SMILES string of the molecule is NNc1ncc(F)c(Oc2ccc(C(N)=O)cc2)n1. The van der Waals surface area contributed by atoms with Crippen molar-refractivity contribution in [3.8, 4) is 11.6 Å². The largest absolute Gasteiger partial charge is 0.436 e. The van der Waals surface area contributed by atoms with Crippen LogP contribution in [0.3, 0.4) is 0 Å². The molecule has 2 aromatic rings. The molecule has 2 rings (SSSR count). The fourth-order valence-electron chi connectivity index (χ4n) is 1.29. The number of carbonyl (C=O) groups is 1. The summed E-state index contributed by atoms with van der Waals surface area (Å²) in [6, 6.07) is 5.85. The summed E-state index contributed by atoms with van der Waals surface area (Å²) in [5.74, 6) is 3.85. The predicted octanol–water partition coefficient (Wildman–Crippen LogP) is 0.792. The quantitative estimate of drug-likeness (QED) is 0.554. The summed E-state index contributed by atoms with van der Waals surface area (Å²) in [6.45, 7) is 0. The number of rotatable bonds is 4. The lowest BCUT2D eigenvalue weighted by molar-refractivity contribution is 0.100. The molecule has 0 saturated heterocycles. The first-order valence-electron chi connectivity index (χ1n) is 5.17. The second-order valence-electron chi connectivity index (χ2n) is 3.48. The molecule has 8 heteroatoms. The summed E-state index contributed by atoms with van der Waals surface area (Å²) in [5, 5.41) is 0. The summed E-state index contributed by atoms with van der Waals surface area (Å²) in [5.41, 5.74) is 7.59. The molecule has 98 valence electrons.